The first kappa shape index (κ1) is 19.9. The van der Waals surface area contributed by atoms with Gasteiger partial charge < -0.3 is 15.2 Å². The molecule has 0 bridgehead atoms. The molecule has 2 aromatic rings. The van der Waals surface area contributed by atoms with E-state index >= 15 is 0 Å². The Bertz CT molecular complexity index is 815. The van der Waals surface area contributed by atoms with Crippen LogP contribution in [0.1, 0.15) is 62.2 Å². The summed E-state index contributed by atoms with van der Waals surface area (Å²) in [7, 11) is 2.00. The maximum atomic E-state index is 4.87. The predicted molar refractivity (Wildman–Crippen MR) is 117 cm³/mol. The molecule has 1 aromatic heterocycles. The van der Waals surface area contributed by atoms with Crippen LogP contribution in [0.5, 0.6) is 0 Å². The second-order valence-electron chi connectivity index (χ2n) is 8.88. The lowest BCUT2D eigenvalue weighted by Gasteiger charge is -2.26. The summed E-state index contributed by atoms with van der Waals surface area (Å²) in [4.78, 5) is 4.87. The maximum absolute atomic E-state index is 4.87. The third-order valence-corrected chi connectivity index (χ3v) is 6.52. The van der Waals surface area contributed by atoms with Crippen LogP contribution in [0.25, 0.3) is 0 Å². The van der Waals surface area contributed by atoms with Crippen LogP contribution in [0, 0.1) is 12.3 Å². The van der Waals surface area contributed by atoms with E-state index in [-0.39, 0.29) is 0 Å². The highest BCUT2D eigenvalue weighted by atomic mass is 15.3. The molecule has 2 N–H and O–H groups in total. The molecule has 0 unspecified atom stereocenters. The lowest BCUT2D eigenvalue weighted by atomic mass is 9.95. The number of benzene rings is 1. The molecule has 0 saturated heterocycles. The van der Waals surface area contributed by atoms with Crippen molar-refractivity contribution < 1.29 is 0 Å². The van der Waals surface area contributed by atoms with E-state index < -0.39 is 0 Å². The van der Waals surface area contributed by atoms with E-state index in [9.17, 15) is 0 Å². The highest BCUT2D eigenvalue weighted by molar-refractivity contribution is 5.80. The molecule has 6 nitrogen and oxygen atoms in total. The second-order valence-corrected chi connectivity index (χ2v) is 8.88. The number of hydrogen-bond acceptors (Lipinski definition) is 3. The van der Waals surface area contributed by atoms with Gasteiger partial charge >= 0.3 is 0 Å². The average molecular weight is 395 g/mol. The number of aromatic nitrogens is 3. The Labute approximate surface area is 174 Å². The van der Waals surface area contributed by atoms with Gasteiger partial charge in [-0.2, -0.15) is 0 Å². The van der Waals surface area contributed by atoms with Gasteiger partial charge in [0, 0.05) is 19.6 Å². The predicted octanol–water partition coefficient (Wildman–Crippen LogP) is 3.51. The molecule has 1 heterocycles. The Balaban J connectivity index is 1.40. The number of rotatable bonds is 7. The van der Waals surface area contributed by atoms with Crippen LogP contribution in [0.3, 0.4) is 0 Å². The van der Waals surface area contributed by atoms with E-state index in [1.807, 2.05) is 18.5 Å². The fourth-order valence-electron chi connectivity index (χ4n) is 4.22. The smallest absolute Gasteiger partial charge is 0.191 e. The topological polar surface area (TPSA) is 67.1 Å². The summed E-state index contributed by atoms with van der Waals surface area (Å²) in [6, 6.07) is 11.4. The number of hydrogen-bond donors (Lipinski definition) is 2. The molecule has 4 rings (SSSR count). The Morgan fingerprint density at radius 2 is 1.90 bits per heavy atom. The van der Waals surface area contributed by atoms with Crippen LogP contribution in [-0.2, 0) is 20.0 Å². The summed E-state index contributed by atoms with van der Waals surface area (Å²) >= 11 is 0. The molecule has 156 valence electrons. The summed E-state index contributed by atoms with van der Waals surface area (Å²) < 4.78 is 2.01. The third kappa shape index (κ3) is 5.37. The van der Waals surface area contributed by atoms with Crippen LogP contribution in [-0.4, -0.2) is 33.3 Å². The van der Waals surface area contributed by atoms with Crippen molar-refractivity contribution in [2.75, 3.05) is 6.54 Å². The van der Waals surface area contributed by atoms with Gasteiger partial charge in [-0.05, 0) is 50.0 Å². The number of guanidine groups is 1. The van der Waals surface area contributed by atoms with Crippen molar-refractivity contribution in [1.29, 1.82) is 0 Å². The summed E-state index contributed by atoms with van der Waals surface area (Å²) in [5, 5.41) is 15.8. The molecule has 2 saturated carbocycles. The van der Waals surface area contributed by atoms with Crippen molar-refractivity contribution in [2.24, 2.45) is 17.5 Å². The first-order valence-corrected chi connectivity index (χ1v) is 11.1. The van der Waals surface area contributed by atoms with Crippen molar-refractivity contribution in [3.8, 4) is 0 Å². The van der Waals surface area contributed by atoms with Crippen LogP contribution in [0.15, 0.2) is 35.3 Å². The van der Waals surface area contributed by atoms with E-state index in [0.717, 1.165) is 30.6 Å². The Morgan fingerprint density at radius 1 is 1.14 bits per heavy atom. The Hall–Kier alpha value is -2.37. The third-order valence-electron chi connectivity index (χ3n) is 6.52. The van der Waals surface area contributed by atoms with Gasteiger partial charge in [0.05, 0.1) is 0 Å². The minimum absolute atomic E-state index is 0.373. The zero-order valence-corrected chi connectivity index (χ0v) is 17.8. The molecule has 6 heteroatoms. The minimum atomic E-state index is 0.373. The van der Waals surface area contributed by atoms with E-state index in [1.54, 1.807) is 0 Å². The number of aryl methyl sites for hydroxylation is 1. The van der Waals surface area contributed by atoms with E-state index in [0.29, 0.717) is 18.0 Å². The maximum Gasteiger partial charge on any atom is 0.191 e. The highest BCUT2D eigenvalue weighted by Gasteiger charge is 2.42. The first-order chi connectivity index (χ1) is 14.1. The SMILES string of the molecule is Cc1nnc(CN=C(NCC2(Cc3ccccc3)CC2)NC2CCCCC2)n1C. The normalized spacial score (nSPS) is 19.2. The van der Waals surface area contributed by atoms with Gasteiger partial charge in [-0.15, -0.1) is 10.2 Å². The Kier molecular flexibility index (Phi) is 6.16. The molecule has 0 atom stereocenters. The number of nitrogens with one attached hydrogen (secondary N) is 2. The summed E-state index contributed by atoms with van der Waals surface area (Å²) in [6.07, 6.45) is 10.2. The van der Waals surface area contributed by atoms with Crippen LogP contribution >= 0.6 is 0 Å². The van der Waals surface area contributed by atoms with Gasteiger partial charge in [0.2, 0.25) is 0 Å². The molecule has 29 heavy (non-hydrogen) atoms. The van der Waals surface area contributed by atoms with E-state index in [4.69, 9.17) is 4.99 Å². The van der Waals surface area contributed by atoms with Crippen molar-refractivity contribution >= 4 is 5.96 Å². The van der Waals surface area contributed by atoms with Crippen molar-refractivity contribution in [1.82, 2.24) is 25.4 Å². The van der Waals surface area contributed by atoms with Crippen LogP contribution in [0.2, 0.25) is 0 Å². The van der Waals surface area contributed by atoms with Gasteiger partial charge in [-0.1, -0.05) is 49.6 Å². The van der Waals surface area contributed by atoms with Crippen molar-refractivity contribution in [2.45, 2.75) is 70.9 Å². The van der Waals surface area contributed by atoms with Gasteiger partial charge in [-0.25, -0.2) is 4.99 Å². The molecular weight excluding hydrogens is 360 g/mol. The fourth-order valence-corrected chi connectivity index (χ4v) is 4.22. The van der Waals surface area contributed by atoms with Crippen molar-refractivity contribution in [3.05, 3.63) is 47.5 Å². The van der Waals surface area contributed by atoms with Crippen molar-refractivity contribution in [3.63, 3.8) is 0 Å². The summed E-state index contributed by atoms with van der Waals surface area (Å²) in [6.45, 7) is 3.49. The highest BCUT2D eigenvalue weighted by Crippen LogP contribution is 2.47. The molecule has 0 aliphatic heterocycles. The lowest BCUT2D eigenvalue weighted by molar-refractivity contribution is 0.406. The van der Waals surface area contributed by atoms with Crippen LogP contribution in [0.4, 0.5) is 0 Å². The zero-order chi connectivity index (χ0) is 20.1. The summed E-state index contributed by atoms with van der Waals surface area (Å²) in [5.74, 6) is 2.75. The van der Waals surface area contributed by atoms with Gasteiger partial charge in [0.1, 0.15) is 12.4 Å². The molecular formula is C23H34N6. The minimum Gasteiger partial charge on any atom is -0.356 e. The number of aliphatic imine (C=N–C) groups is 1. The van der Waals surface area contributed by atoms with E-state index in [1.165, 1.54) is 50.5 Å². The molecule has 0 radical (unpaired) electrons. The largest absolute Gasteiger partial charge is 0.356 e. The zero-order valence-electron chi connectivity index (χ0n) is 17.8. The average Bonchev–Trinajstić information content (AvgIpc) is 3.44. The lowest BCUT2D eigenvalue weighted by Crippen LogP contribution is -2.46. The quantitative estimate of drug-likeness (QED) is 0.557. The standard InChI is InChI=1S/C23H34N6/c1-18-27-28-21(29(18)2)16-24-22(26-20-11-7-4-8-12-20)25-17-23(13-14-23)15-19-9-5-3-6-10-19/h3,5-6,9-10,20H,4,7-8,11-17H2,1-2H3,(H2,24,25,26). The van der Waals surface area contributed by atoms with Gasteiger partial charge in [0.15, 0.2) is 11.8 Å². The number of nitrogens with zero attached hydrogens (tertiary/aromatic N) is 4. The van der Waals surface area contributed by atoms with Crippen LogP contribution < -0.4 is 10.6 Å². The molecule has 2 fully saturated rings. The fraction of sp³-hybridized carbons (Fsp3) is 0.609. The van der Waals surface area contributed by atoms with E-state index in [2.05, 4.69) is 51.2 Å². The molecule has 2 aliphatic carbocycles. The molecule has 2 aliphatic rings. The monoisotopic (exact) mass is 394 g/mol. The molecule has 1 aromatic carbocycles. The second kappa shape index (κ2) is 8.97. The summed E-state index contributed by atoms with van der Waals surface area (Å²) in [5.41, 5.74) is 1.80. The Morgan fingerprint density at radius 3 is 2.55 bits per heavy atom. The molecule has 0 spiro atoms. The first-order valence-electron chi connectivity index (χ1n) is 11.1. The van der Waals surface area contributed by atoms with Gasteiger partial charge in [-0.3, -0.25) is 0 Å². The molecule has 0 amide bonds. The van der Waals surface area contributed by atoms with Gasteiger partial charge in [0.25, 0.3) is 0 Å².